The number of aliphatic hydroxyl groups is 1. The summed E-state index contributed by atoms with van der Waals surface area (Å²) in [7, 11) is 1.33. The number of hydrogen-bond donors (Lipinski definition) is 2. The molecule has 37 heavy (non-hydrogen) atoms. The number of halogens is 3. The fourth-order valence-corrected chi connectivity index (χ4v) is 4.10. The molecule has 2 aromatic carbocycles. The molecular weight excluding hydrogens is 489 g/mol. The molecule has 0 saturated heterocycles. The molecule has 0 bridgehead atoms. The van der Waals surface area contributed by atoms with Crippen LogP contribution in [0.3, 0.4) is 0 Å². The first-order valence-electron chi connectivity index (χ1n) is 11.4. The number of aromatic nitrogens is 2. The number of nitrogens with two attached hydrogens (primary N) is 1. The van der Waals surface area contributed by atoms with E-state index in [2.05, 4.69) is 9.97 Å². The second-order valence-electron chi connectivity index (χ2n) is 8.21. The summed E-state index contributed by atoms with van der Waals surface area (Å²) in [5.74, 6) is -0.268. The number of benzene rings is 2. The van der Waals surface area contributed by atoms with Crippen LogP contribution in [0.2, 0.25) is 0 Å². The third-order valence-electron chi connectivity index (χ3n) is 6.00. The summed E-state index contributed by atoms with van der Waals surface area (Å²) < 4.78 is 50.9. The van der Waals surface area contributed by atoms with Crippen molar-refractivity contribution < 1.29 is 32.2 Å². The molecule has 0 aliphatic carbocycles. The maximum Gasteiger partial charge on any atom is 0.433 e. The Balaban J connectivity index is 1.80. The fraction of sp³-hybridized carbons (Fsp3) is 0.269. The van der Waals surface area contributed by atoms with Gasteiger partial charge in [0, 0.05) is 17.5 Å². The SMILES string of the molecule is COc1ccc(-c2nc(C(=O)N(CCO)[C@@H](C)c3ccccc3)c(CN)o2)c2ccc(C(F)(F)F)nc12. The van der Waals surface area contributed by atoms with Gasteiger partial charge in [-0.15, -0.1) is 0 Å². The number of nitrogens with zero attached hydrogens (tertiary/aromatic N) is 3. The van der Waals surface area contributed by atoms with Gasteiger partial charge in [-0.3, -0.25) is 4.79 Å². The highest BCUT2D eigenvalue weighted by Gasteiger charge is 2.33. The van der Waals surface area contributed by atoms with E-state index in [9.17, 15) is 23.1 Å². The summed E-state index contributed by atoms with van der Waals surface area (Å²) in [6.45, 7) is 1.44. The van der Waals surface area contributed by atoms with Crippen LogP contribution in [0, 0.1) is 0 Å². The summed E-state index contributed by atoms with van der Waals surface area (Å²) in [5.41, 5.74) is 5.88. The Morgan fingerprint density at radius 1 is 1.14 bits per heavy atom. The van der Waals surface area contributed by atoms with Gasteiger partial charge in [0.2, 0.25) is 5.89 Å². The molecule has 1 amide bonds. The molecule has 0 fully saturated rings. The van der Waals surface area contributed by atoms with E-state index >= 15 is 0 Å². The Morgan fingerprint density at radius 2 is 1.86 bits per heavy atom. The number of carbonyl (C=O) groups excluding carboxylic acids is 1. The Kier molecular flexibility index (Phi) is 7.46. The molecule has 2 aromatic heterocycles. The molecule has 1 atom stereocenters. The zero-order valence-electron chi connectivity index (χ0n) is 20.1. The fourth-order valence-electron chi connectivity index (χ4n) is 4.10. The zero-order valence-corrected chi connectivity index (χ0v) is 20.1. The molecule has 0 radical (unpaired) electrons. The van der Waals surface area contributed by atoms with Gasteiger partial charge in [0.05, 0.1) is 26.3 Å². The average Bonchev–Trinajstić information content (AvgIpc) is 3.34. The van der Waals surface area contributed by atoms with E-state index in [1.54, 1.807) is 6.07 Å². The Morgan fingerprint density at radius 3 is 2.49 bits per heavy atom. The number of oxazole rings is 1. The van der Waals surface area contributed by atoms with Crippen molar-refractivity contribution in [2.75, 3.05) is 20.3 Å². The standard InChI is InChI=1S/C26H25F3N4O4/c1-15(16-6-4-3-5-7-16)33(12-13-34)25(35)23-20(14-30)37-24(32-23)18-8-10-19(36-2)22-17(18)9-11-21(31-22)26(27,28)29/h3-11,15,34H,12-14,30H2,1-2H3/t15-/m0/s1. The predicted molar refractivity (Wildman–Crippen MR) is 130 cm³/mol. The molecule has 4 aromatic rings. The molecule has 4 rings (SSSR count). The van der Waals surface area contributed by atoms with Crippen LogP contribution in [0.5, 0.6) is 5.75 Å². The van der Waals surface area contributed by atoms with Crippen molar-refractivity contribution in [1.82, 2.24) is 14.9 Å². The van der Waals surface area contributed by atoms with Gasteiger partial charge in [0.1, 0.15) is 17.0 Å². The molecule has 194 valence electrons. The number of hydrogen-bond acceptors (Lipinski definition) is 7. The van der Waals surface area contributed by atoms with E-state index in [1.165, 1.54) is 24.1 Å². The van der Waals surface area contributed by atoms with Gasteiger partial charge in [-0.05, 0) is 36.8 Å². The highest BCUT2D eigenvalue weighted by molar-refractivity contribution is 5.98. The number of ether oxygens (including phenoxy) is 1. The first kappa shape index (κ1) is 26.1. The number of methoxy groups -OCH3 is 1. The van der Waals surface area contributed by atoms with Crippen LogP contribution >= 0.6 is 0 Å². The molecule has 0 aliphatic heterocycles. The number of fused-ring (bicyclic) bond motifs is 1. The van der Waals surface area contributed by atoms with E-state index in [-0.39, 0.29) is 48.3 Å². The van der Waals surface area contributed by atoms with E-state index in [0.717, 1.165) is 11.6 Å². The lowest BCUT2D eigenvalue weighted by Crippen LogP contribution is -2.36. The monoisotopic (exact) mass is 514 g/mol. The molecule has 0 spiro atoms. The largest absolute Gasteiger partial charge is 0.494 e. The van der Waals surface area contributed by atoms with Crippen LogP contribution in [0.1, 0.15) is 40.5 Å². The summed E-state index contributed by atoms with van der Waals surface area (Å²) in [6.07, 6.45) is -4.64. The zero-order chi connectivity index (χ0) is 26.7. The van der Waals surface area contributed by atoms with Crippen LogP contribution in [-0.4, -0.2) is 46.1 Å². The topological polar surface area (TPSA) is 115 Å². The second kappa shape index (κ2) is 10.6. The maximum absolute atomic E-state index is 13.6. The summed E-state index contributed by atoms with van der Waals surface area (Å²) in [6, 6.07) is 14.0. The van der Waals surface area contributed by atoms with Crippen molar-refractivity contribution in [2.24, 2.45) is 5.73 Å². The van der Waals surface area contributed by atoms with E-state index in [0.29, 0.717) is 10.9 Å². The Bertz CT molecular complexity index is 1410. The molecule has 0 aliphatic rings. The quantitative estimate of drug-likeness (QED) is 0.354. The van der Waals surface area contributed by atoms with Crippen molar-refractivity contribution in [1.29, 1.82) is 0 Å². The maximum atomic E-state index is 13.6. The predicted octanol–water partition coefficient (Wildman–Crippen LogP) is 4.57. The van der Waals surface area contributed by atoms with Gasteiger partial charge in [-0.2, -0.15) is 13.2 Å². The van der Waals surface area contributed by atoms with Gasteiger partial charge in [-0.25, -0.2) is 9.97 Å². The van der Waals surface area contributed by atoms with Crippen molar-refractivity contribution in [3.05, 3.63) is 77.3 Å². The molecule has 0 unspecified atom stereocenters. The Hall–Kier alpha value is -3.96. The van der Waals surface area contributed by atoms with Crippen LogP contribution in [0.25, 0.3) is 22.4 Å². The first-order chi connectivity index (χ1) is 17.7. The number of pyridine rings is 1. The summed E-state index contributed by atoms with van der Waals surface area (Å²) in [5, 5.41) is 9.92. The Labute approximate surface area is 210 Å². The minimum Gasteiger partial charge on any atom is -0.494 e. The van der Waals surface area contributed by atoms with Gasteiger partial charge >= 0.3 is 6.18 Å². The number of aliphatic hydroxyl groups excluding tert-OH is 1. The van der Waals surface area contributed by atoms with Crippen molar-refractivity contribution >= 4 is 16.8 Å². The highest BCUT2D eigenvalue weighted by Crippen LogP contribution is 2.37. The third-order valence-corrected chi connectivity index (χ3v) is 6.00. The third kappa shape index (κ3) is 5.13. The van der Waals surface area contributed by atoms with Crippen molar-refractivity contribution in [2.45, 2.75) is 25.7 Å². The molecule has 3 N–H and O–H groups in total. The lowest BCUT2D eigenvalue weighted by molar-refractivity contribution is -0.140. The lowest BCUT2D eigenvalue weighted by atomic mass is 10.1. The van der Waals surface area contributed by atoms with Crippen LogP contribution in [0.15, 0.2) is 59.0 Å². The average molecular weight is 515 g/mol. The van der Waals surface area contributed by atoms with Gasteiger partial charge < -0.3 is 24.9 Å². The molecule has 8 nitrogen and oxygen atoms in total. The summed E-state index contributed by atoms with van der Waals surface area (Å²) in [4.78, 5) is 23.2. The number of amides is 1. The lowest BCUT2D eigenvalue weighted by Gasteiger charge is -2.28. The van der Waals surface area contributed by atoms with Gasteiger partial charge in [0.25, 0.3) is 5.91 Å². The van der Waals surface area contributed by atoms with Gasteiger partial charge in [-0.1, -0.05) is 30.3 Å². The molecule has 2 heterocycles. The minimum absolute atomic E-state index is 0.00526. The van der Waals surface area contributed by atoms with E-state index in [4.69, 9.17) is 14.9 Å². The van der Waals surface area contributed by atoms with Gasteiger partial charge in [0.15, 0.2) is 11.5 Å². The highest BCUT2D eigenvalue weighted by atomic mass is 19.4. The number of carbonyl (C=O) groups is 1. The first-order valence-corrected chi connectivity index (χ1v) is 11.4. The normalized spacial score (nSPS) is 12.5. The molecular formula is C26H25F3N4O4. The van der Waals surface area contributed by atoms with Crippen LogP contribution in [-0.2, 0) is 12.7 Å². The van der Waals surface area contributed by atoms with Crippen molar-refractivity contribution in [3.63, 3.8) is 0 Å². The smallest absolute Gasteiger partial charge is 0.433 e. The van der Waals surface area contributed by atoms with E-state index < -0.39 is 23.8 Å². The number of alkyl halides is 3. The van der Waals surface area contributed by atoms with Crippen LogP contribution in [0.4, 0.5) is 13.2 Å². The van der Waals surface area contributed by atoms with E-state index in [1.807, 2.05) is 37.3 Å². The number of rotatable bonds is 8. The molecule has 0 saturated carbocycles. The minimum atomic E-state index is -4.64. The summed E-state index contributed by atoms with van der Waals surface area (Å²) >= 11 is 0. The van der Waals surface area contributed by atoms with Crippen LogP contribution < -0.4 is 10.5 Å². The second-order valence-corrected chi connectivity index (χ2v) is 8.21. The molecule has 11 heteroatoms. The van der Waals surface area contributed by atoms with Crippen molar-refractivity contribution in [3.8, 4) is 17.2 Å².